The maximum Gasteiger partial charge on any atom is 0.234 e. The third-order valence-electron chi connectivity index (χ3n) is 2.19. The maximum atomic E-state index is 12.1. The van der Waals surface area contributed by atoms with Crippen LogP contribution in [0.4, 0.5) is 0 Å². The molecule has 0 bridgehead atoms. The first-order valence-electron chi connectivity index (χ1n) is 6.33. The summed E-state index contributed by atoms with van der Waals surface area (Å²) in [7, 11) is 1.98. The summed E-state index contributed by atoms with van der Waals surface area (Å²) < 4.78 is 0. The zero-order valence-corrected chi connectivity index (χ0v) is 12.8. The Kier molecular flexibility index (Phi) is 9.19. The highest BCUT2D eigenvalue weighted by atomic mass is 32.2. The van der Waals surface area contributed by atoms with Gasteiger partial charge in [-0.25, -0.2) is 0 Å². The van der Waals surface area contributed by atoms with Crippen molar-refractivity contribution in [2.75, 3.05) is 6.44 Å². The Hall–Kier alpha value is -0.485. The lowest BCUT2D eigenvalue weighted by atomic mass is 9.83. The molecule has 0 aliphatic carbocycles. The van der Waals surface area contributed by atoms with Crippen molar-refractivity contribution in [2.45, 2.75) is 57.6 Å². The molecule has 6 heteroatoms. The Morgan fingerprint density at radius 1 is 1.28 bits per heavy atom. The van der Waals surface area contributed by atoms with Crippen molar-refractivity contribution in [3.05, 3.63) is 0 Å². The van der Waals surface area contributed by atoms with E-state index in [0.29, 0.717) is 11.7 Å². The van der Waals surface area contributed by atoms with Crippen LogP contribution in [0.5, 0.6) is 0 Å². The van der Waals surface area contributed by atoms with Crippen LogP contribution < -0.4 is 10.6 Å². The molecule has 0 fully saturated rings. The van der Waals surface area contributed by atoms with Crippen molar-refractivity contribution in [2.24, 2.45) is 0 Å². The highest BCUT2D eigenvalue weighted by Crippen LogP contribution is 2.20. The second-order valence-electron chi connectivity index (χ2n) is 4.63. The molecule has 0 aromatic carbocycles. The van der Waals surface area contributed by atoms with Gasteiger partial charge in [0.15, 0.2) is 0 Å². The number of hydrogen-bond acceptors (Lipinski definition) is 4. The van der Waals surface area contributed by atoms with E-state index in [4.69, 9.17) is 0 Å². The number of nitrogens with one attached hydrogen (secondary N) is 2. The number of ketones is 1. The van der Waals surface area contributed by atoms with Crippen LogP contribution in [-0.2, 0) is 9.59 Å². The Morgan fingerprint density at radius 3 is 2.33 bits per heavy atom. The fourth-order valence-electron chi connectivity index (χ4n) is 1.44. The van der Waals surface area contributed by atoms with Gasteiger partial charge in [-0.05, 0) is 25.5 Å². The number of carbonyl (C=O) groups is 2. The lowest BCUT2D eigenvalue weighted by Crippen LogP contribution is -2.47. The Bertz CT molecular complexity index is 275. The van der Waals surface area contributed by atoms with E-state index >= 15 is 0 Å². The second-order valence-corrected chi connectivity index (χ2v) is 6.41. The first kappa shape index (κ1) is 17.5. The van der Waals surface area contributed by atoms with Crippen molar-refractivity contribution >= 4 is 30.7 Å². The molecule has 1 amide bonds. The SMILES string of the molecule is C[B]CNC(C)NC(=O)C(CC(C)=O)SC(C)C. The molecule has 0 heterocycles. The van der Waals surface area contributed by atoms with Gasteiger partial charge in [-0.3, -0.25) is 9.59 Å². The van der Waals surface area contributed by atoms with Gasteiger partial charge in [0.2, 0.25) is 5.91 Å². The van der Waals surface area contributed by atoms with Crippen LogP contribution in [0.15, 0.2) is 0 Å². The largest absolute Gasteiger partial charge is 0.340 e. The highest BCUT2D eigenvalue weighted by molar-refractivity contribution is 8.01. The van der Waals surface area contributed by atoms with E-state index in [1.54, 1.807) is 0 Å². The average molecular weight is 271 g/mol. The van der Waals surface area contributed by atoms with Gasteiger partial charge < -0.3 is 10.6 Å². The predicted octanol–water partition coefficient (Wildman–Crippen LogP) is 1.24. The predicted molar refractivity (Wildman–Crippen MR) is 79.0 cm³/mol. The van der Waals surface area contributed by atoms with Crippen LogP contribution in [0.3, 0.4) is 0 Å². The van der Waals surface area contributed by atoms with Crippen LogP contribution in [0.25, 0.3) is 0 Å². The van der Waals surface area contributed by atoms with Crippen LogP contribution in [-0.4, -0.2) is 42.1 Å². The number of carbonyl (C=O) groups excluding carboxylic acids is 2. The molecule has 0 aliphatic rings. The molecule has 0 aromatic rings. The number of thioether (sulfide) groups is 1. The molecule has 0 rings (SSSR count). The summed E-state index contributed by atoms with van der Waals surface area (Å²) in [6.07, 6.45) is 0.952. The summed E-state index contributed by atoms with van der Waals surface area (Å²) >= 11 is 1.53. The van der Waals surface area contributed by atoms with Crippen molar-refractivity contribution in [3.63, 3.8) is 0 Å². The van der Waals surface area contributed by atoms with Gasteiger partial charge in [0.1, 0.15) is 13.1 Å². The number of rotatable bonds is 9. The number of amides is 1. The average Bonchev–Trinajstić information content (AvgIpc) is 2.24. The van der Waals surface area contributed by atoms with E-state index in [1.807, 2.05) is 34.9 Å². The van der Waals surface area contributed by atoms with Crippen molar-refractivity contribution in [3.8, 4) is 0 Å². The van der Waals surface area contributed by atoms with Gasteiger partial charge in [0.05, 0.1) is 11.4 Å². The fourth-order valence-corrected chi connectivity index (χ4v) is 2.62. The highest BCUT2D eigenvalue weighted by Gasteiger charge is 2.23. The minimum Gasteiger partial charge on any atom is -0.340 e. The molecule has 103 valence electrons. The van der Waals surface area contributed by atoms with Gasteiger partial charge in [-0.1, -0.05) is 20.7 Å². The molecule has 0 saturated carbocycles. The maximum absolute atomic E-state index is 12.1. The third kappa shape index (κ3) is 8.58. The van der Waals surface area contributed by atoms with Gasteiger partial charge in [0, 0.05) is 6.42 Å². The van der Waals surface area contributed by atoms with E-state index < -0.39 is 0 Å². The summed E-state index contributed by atoms with van der Waals surface area (Å²) in [5.74, 6) is -0.0224. The molecule has 0 spiro atoms. The zero-order valence-electron chi connectivity index (χ0n) is 11.9. The molecule has 4 nitrogen and oxygen atoms in total. The van der Waals surface area contributed by atoms with E-state index in [0.717, 1.165) is 6.44 Å². The molecule has 0 aliphatic heterocycles. The summed E-state index contributed by atoms with van der Waals surface area (Å²) in [5.41, 5.74) is 0. The normalized spacial score (nSPS) is 14.1. The molecule has 2 atom stereocenters. The zero-order chi connectivity index (χ0) is 14.1. The summed E-state index contributed by atoms with van der Waals surface area (Å²) in [5, 5.41) is 6.06. The smallest absolute Gasteiger partial charge is 0.234 e. The number of hydrogen-bond donors (Lipinski definition) is 2. The number of Topliss-reactive ketones (excluding diaryl/α,β-unsaturated/α-hetero) is 1. The van der Waals surface area contributed by atoms with E-state index in [-0.39, 0.29) is 23.1 Å². The molecule has 0 saturated heterocycles. The standard InChI is InChI=1S/C12H24BN2O2S/c1-8(2)18-11(6-9(3)16)12(17)15-10(4)14-7-13-5/h8,10-11,14H,6-7H2,1-5H3,(H,15,17). The monoisotopic (exact) mass is 271 g/mol. The van der Waals surface area contributed by atoms with Gasteiger partial charge in [0.25, 0.3) is 0 Å². The van der Waals surface area contributed by atoms with Gasteiger partial charge >= 0.3 is 0 Å². The van der Waals surface area contributed by atoms with E-state index in [2.05, 4.69) is 10.6 Å². The fraction of sp³-hybridized carbons (Fsp3) is 0.833. The molecule has 2 unspecified atom stereocenters. The molecule has 18 heavy (non-hydrogen) atoms. The topological polar surface area (TPSA) is 58.2 Å². The summed E-state index contributed by atoms with van der Waals surface area (Å²) in [4.78, 5) is 23.2. The van der Waals surface area contributed by atoms with E-state index in [9.17, 15) is 9.59 Å². The molecule has 1 radical (unpaired) electrons. The van der Waals surface area contributed by atoms with Crippen molar-refractivity contribution in [1.29, 1.82) is 0 Å². The van der Waals surface area contributed by atoms with Crippen LogP contribution in [0.1, 0.15) is 34.1 Å². The van der Waals surface area contributed by atoms with Crippen LogP contribution in [0, 0.1) is 0 Å². The van der Waals surface area contributed by atoms with Crippen molar-refractivity contribution in [1.82, 2.24) is 10.6 Å². The molecular formula is C12H24BN2O2S. The first-order chi connectivity index (χ1) is 8.36. The Labute approximate surface area is 115 Å². The lowest BCUT2D eigenvalue weighted by molar-refractivity contribution is -0.124. The molecule has 0 aromatic heterocycles. The minimum absolute atomic E-state index is 0.0470. The second kappa shape index (κ2) is 9.45. The summed E-state index contributed by atoms with van der Waals surface area (Å²) in [6.45, 7) is 9.42. The van der Waals surface area contributed by atoms with Crippen LogP contribution >= 0.6 is 11.8 Å². The first-order valence-corrected chi connectivity index (χ1v) is 7.27. The van der Waals surface area contributed by atoms with Gasteiger partial charge in [-0.2, -0.15) is 0 Å². The molecular weight excluding hydrogens is 247 g/mol. The molecule has 2 N–H and O–H groups in total. The summed E-state index contributed by atoms with van der Waals surface area (Å²) in [6, 6.07) is 0. The van der Waals surface area contributed by atoms with E-state index in [1.165, 1.54) is 18.7 Å². The quantitative estimate of drug-likeness (QED) is 0.489. The Balaban J connectivity index is 4.31. The van der Waals surface area contributed by atoms with Gasteiger partial charge in [-0.15, -0.1) is 11.8 Å². The third-order valence-corrected chi connectivity index (χ3v) is 3.44. The van der Waals surface area contributed by atoms with Crippen molar-refractivity contribution < 1.29 is 9.59 Å². The minimum atomic E-state index is -0.294. The Morgan fingerprint density at radius 2 is 1.89 bits per heavy atom. The van der Waals surface area contributed by atoms with Crippen LogP contribution in [0.2, 0.25) is 6.82 Å². The lowest BCUT2D eigenvalue weighted by Gasteiger charge is -2.21.